The lowest BCUT2D eigenvalue weighted by Crippen LogP contribution is -2.59. The number of aromatic carboxylic acids is 2. The lowest BCUT2D eigenvalue weighted by molar-refractivity contribution is -0.136. The molecule has 2 aliphatic rings. The molecule has 0 unspecified atom stereocenters. The van der Waals surface area contributed by atoms with Crippen molar-refractivity contribution in [3.63, 3.8) is 0 Å². The summed E-state index contributed by atoms with van der Waals surface area (Å²) in [5.41, 5.74) is 14.3. The third-order valence-electron chi connectivity index (χ3n) is 24.3. The third-order valence-corrected chi connectivity index (χ3v) is 27.5. The van der Waals surface area contributed by atoms with Crippen LogP contribution in [0.5, 0.6) is 23.0 Å². The van der Waals surface area contributed by atoms with E-state index in [1.807, 2.05) is 91.0 Å². The summed E-state index contributed by atoms with van der Waals surface area (Å²) in [7, 11) is 3.07. The summed E-state index contributed by atoms with van der Waals surface area (Å²) in [6.07, 6.45) is 25.6. The number of nitrogens with one attached hydrogen (secondary N) is 7. The Labute approximate surface area is 864 Å². The van der Waals surface area contributed by atoms with Gasteiger partial charge in [0.05, 0.1) is 67.2 Å². The van der Waals surface area contributed by atoms with Crippen LogP contribution in [0.2, 0.25) is 0 Å². The largest absolute Gasteiger partial charge is 0.493 e. The van der Waals surface area contributed by atoms with Crippen molar-refractivity contribution in [3.05, 3.63) is 347 Å². The maximum atomic E-state index is 14.0. The van der Waals surface area contributed by atoms with Crippen molar-refractivity contribution in [1.29, 1.82) is 0 Å². The fourth-order valence-corrected chi connectivity index (χ4v) is 18.9. The molecule has 11 N–H and O–H groups in total. The van der Waals surface area contributed by atoms with Crippen molar-refractivity contribution < 1.29 is 84.4 Å². The standard InChI is InChI=1S/C35H45N3O6S.C27H37N3O2.C27H31N3O2.C10H15N.C8H9ClO4S.C7H5NO4/c1-43-31-22-21-29(26-32(31)44-2)45(41,42)38-25-13-20-30(34(39)36-23-11-9-18-27-14-5-3-6-15-27)33(38)35(40)37-24-12-10-19-28-16-7-4-8-17-28;2*31-26(29-19-9-7-16-22-12-3-1-4-13-22)24-18-11-21-28-25(24)27(32)30-20-10-8-17-23-14-5-2-6-15-23;11-9-5-4-8-10-6-2-1-3-7-10;1-12-7-4-3-6(14(9,10)11)5-8(7)13-2;9-6(10)4-2-1-3-8-5(4)7(11)12/h3-8,14-17,21-22,26,30,33H,9-13,18-20,23-25H2,1-2H3,(H,36,39)(H,37,40);1-6,12-15,24-25,28H,7-11,16-21H2,(H,29,31)(H,30,32);1-6,11-15,18,21H,7-10,16-17,19-20H2,(H,29,31)(H,30,32);1-3,6-7H,4-5,8-9,11H2;3-5H,1-2H3;1-3H,(H,9,10)(H,11,12)/t30-,33+;24-,25+;;;;/m11..../s1. The van der Waals surface area contributed by atoms with Crippen molar-refractivity contribution in [1.82, 2.24) is 51.5 Å². The van der Waals surface area contributed by atoms with Gasteiger partial charge in [0.25, 0.3) is 20.9 Å². The van der Waals surface area contributed by atoms with Gasteiger partial charge in [-0.05, 0) is 261 Å². The number of pyridine rings is 2. The first kappa shape index (κ1) is 118. The van der Waals surface area contributed by atoms with Crippen LogP contribution in [0.1, 0.15) is 196 Å². The number of piperidine rings is 2. The van der Waals surface area contributed by atoms with E-state index in [-0.39, 0.29) is 68.8 Å². The molecular formula is C114H142ClN11O18S2. The number of nitrogens with zero attached hydrogens (tertiary/aromatic N) is 3. The molecule has 0 radical (unpaired) electrons. The van der Waals surface area contributed by atoms with Gasteiger partial charge >= 0.3 is 11.9 Å². The van der Waals surface area contributed by atoms with Crippen LogP contribution in [0.3, 0.4) is 0 Å². The molecule has 29 nitrogen and oxygen atoms in total. The highest BCUT2D eigenvalue weighted by molar-refractivity contribution is 8.13. The zero-order valence-corrected chi connectivity index (χ0v) is 86.4. The second kappa shape index (κ2) is 67.1. The first-order valence-corrected chi connectivity index (χ1v) is 53.8. The van der Waals surface area contributed by atoms with Crippen molar-refractivity contribution >= 4 is 77.1 Å². The van der Waals surface area contributed by atoms with E-state index in [0.717, 1.165) is 154 Å². The Morgan fingerprint density at radius 3 is 1.05 bits per heavy atom. The number of rotatable bonds is 49. The molecule has 2 saturated heterocycles. The van der Waals surface area contributed by atoms with E-state index in [0.29, 0.717) is 74.9 Å². The van der Waals surface area contributed by atoms with Gasteiger partial charge < -0.3 is 72.1 Å². The Balaban J connectivity index is 0.000000229. The first-order chi connectivity index (χ1) is 70.9. The fourth-order valence-electron chi connectivity index (χ4n) is 16.5. The summed E-state index contributed by atoms with van der Waals surface area (Å²) < 4.78 is 71.7. The maximum absolute atomic E-state index is 14.0. The minimum atomic E-state index is -4.15. The number of benzene rings is 9. The summed E-state index contributed by atoms with van der Waals surface area (Å²) >= 11 is 0. The molecule has 780 valence electrons. The van der Waals surface area contributed by atoms with Gasteiger partial charge in [0.2, 0.25) is 33.7 Å². The number of carbonyl (C=O) groups excluding carboxylic acids is 6. The van der Waals surface area contributed by atoms with Crippen LogP contribution in [-0.2, 0) is 83.2 Å². The number of carbonyl (C=O) groups is 8. The number of halogens is 1. The summed E-state index contributed by atoms with van der Waals surface area (Å²) in [5.74, 6) is -3.66. The van der Waals surface area contributed by atoms with Crippen LogP contribution in [0.25, 0.3) is 0 Å². The molecule has 32 heteroatoms. The molecule has 0 bridgehead atoms. The lowest BCUT2D eigenvalue weighted by Gasteiger charge is -2.38. The van der Waals surface area contributed by atoms with Gasteiger partial charge in [-0.3, -0.25) is 33.8 Å². The summed E-state index contributed by atoms with van der Waals surface area (Å²) in [4.78, 5) is 106. The Morgan fingerprint density at radius 1 is 0.363 bits per heavy atom. The van der Waals surface area contributed by atoms with Crippen LogP contribution in [0.4, 0.5) is 0 Å². The normalized spacial score (nSPS) is 14.1. The quantitative estimate of drug-likeness (QED) is 0.0125. The molecule has 0 spiro atoms. The summed E-state index contributed by atoms with van der Waals surface area (Å²) in [5, 5.41) is 38.1. The van der Waals surface area contributed by atoms with E-state index in [1.54, 1.807) is 18.3 Å². The Bertz CT molecular complexity index is 5780. The maximum Gasteiger partial charge on any atom is 0.355 e. The highest BCUT2D eigenvalue weighted by Gasteiger charge is 2.46. The van der Waals surface area contributed by atoms with Gasteiger partial charge in [0.1, 0.15) is 11.7 Å². The van der Waals surface area contributed by atoms with Gasteiger partial charge in [-0.1, -0.05) is 212 Å². The van der Waals surface area contributed by atoms with Crippen molar-refractivity contribution in [2.24, 2.45) is 17.6 Å². The van der Waals surface area contributed by atoms with E-state index in [9.17, 15) is 55.2 Å². The molecule has 4 heterocycles. The number of carboxylic acids is 2. The minimum Gasteiger partial charge on any atom is -0.493 e. The first-order valence-electron chi connectivity index (χ1n) is 50.0. The average Bonchev–Trinajstić information content (AvgIpc) is 0.759. The number of ether oxygens (including phenoxy) is 4. The molecule has 2 fully saturated rings. The van der Waals surface area contributed by atoms with E-state index in [4.69, 9.17) is 45.6 Å². The minimum absolute atomic E-state index is 0.00105. The summed E-state index contributed by atoms with van der Waals surface area (Å²) in [6, 6.07) is 85.1. The topological polar surface area (TPSA) is 421 Å². The Hall–Kier alpha value is -13.7. The predicted molar refractivity (Wildman–Crippen MR) is 571 cm³/mol. The molecule has 0 saturated carbocycles. The fraction of sp³-hybridized carbons (Fsp3) is 0.368. The third kappa shape index (κ3) is 42.5. The van der Waals surface area contributed by atoms with Gasteiger partial charge in [0.15, 0.2) is 28.7 Å². The number of sulfonamides is 1. The van der Waals surface area contributed by atoms with E-state index < -0.39 is 60.6 Å². The van der Waals surface area contributed by atoms with Gasteiger partial charge in [-0.15, -0.1) is 0 Å². The number of amides is 6. The molecule has 9 aromatic carbocycles. The van der Waals surface area contributed by atoms with Gasteiger partial charge in [0, 0.05) is 81.0 Å². The van der Waals surface area contributed by atoms with Crippen LogP contribution < -0.4 is 61.9 Å². The van der Waals surface area contributed by atoms with Crippen LogP contribution in [0.15, 0.2) is 295 Å². The number of aromatic nitrogens is 2. The smallest absolute Gasteiger partial charge is 0.355 e. The number of unbranched alkanes of at least 4 members (excludes halogenated alkanes) is 7. The van der Waals surface area contributed by atoms with Crippen LogP contribution in [-0.4, -0.2) is 188 Å². The molecule has 6 amide bonds. The zero-order chi connectivity index (χ0) is 105. The van der Waals surface area contributed by atoms with E-state index in [1.165, 1.54) is 133 Å². The molecule has 0 aliphatic carbocycles. The van der Waals surface area contributed by atoms with Crippen LogP contribution >= 0.6 is 10.7 Å². The van der Waals surface area contributed by atoms with E-state index >= 15 is 0 Å². The number of aryl methyl sites for hydroxylation is 7. The summed E-state index contributed by atoms with van der Waals surface area (Å²) in [6.45, 7) is 5.01. The van der Waals surface area contributed by atoms with Crippen molar-refractivity contribution in [2.45, 2.75) is 182 Å². The number of hydrogen-bond acceptors (Lipinski definition) is 20. The molecule has 4 atom stereocenters. The molecule has 146 heavy (non-hydrogen) atoms. The van der Waals surface area contributed by atoms with Crippen molar-refractivity contribution in [2.75, 3.05) is 87.3 Å². The highest BCUT2D eigenvalue weighted by atomic mass is 35.7. The van der Waals surface area contributed by atoms with Crippen LogP contribution in [0, 0.1) is 11.8 Å². The SMILES string of the molecule is COc1ccc(S(=O)(=O)Cl)cc1OC.COc1ccc(S(=O)(=O)N2CCC[C@@H](C(=O)NCCCCc3ccccc3)[C@H]2C(=O)NCCCCc2ccccc2)cc1OC.NCCCCc1ccccc1.O=C(NCCCCc1ccccc1)[C@H]1NCCC[C@H]1C(=O)NCCCCc1ccccc1.O=C(NCCCCc1ccccc1)c1cccnc1C(=O)NCCCCc1ccccc1.O=C(O)c1cccnc1C(=O)O. The number of hydrogen-bond donors (Lipinski definition) is 10. The Kier molecular flexibility index (Phi) is 54.0. The second-order valence-corrected chi connectivity index (χ2v) is 39.4. The van der Waals surface area contributed by atoms with Gasteiger partial charge in [-0.2, -0.15) is 4.31 Å². The van der Waals surface area contributed by atoms with Gasteiger partial charge in [-0.25, -0.2) is 31.4 Å². The molecular weight excluding hydrogens is 1910 g/mol. The molecule has 2 aliphatic heterocycles. The molecule has 2 aromatic heterocycles. The number of carboxylic acid groups (broad SMARTS) is 2. The molecule has 13 rings (SSSR count). The predicted octanol–water partition coefficient (Wildman–Crippen LogP) is 17.0. The highest BCUT2D eigenvalue weighted by Crippen LogP contribution is 2.36. The number of nitrogens with two attached hydrogens (primary N) is 1. The zero-order valence-electron chi connectivity index (χ0n) is 84.0. The second-order valence-electron chi connectivity index (χ2n) is 34.9. The van der Waals surface area contributed by atoms with Crippen molar-refractivity contribution in [3.8, 4) is 23.0 Å². The average molecular weight is 2050 g/mol. The Morgan fingerprint density at radius 2 is 0.692 bits per heavy atom. The monoisotopic (exact) mass is 2050 g/mol. The number of methoxy groups -OCH3 is 4. The van der Waals surface area contributed by atoms with E-state index in [2.05, 4.69) is 169 Å². The lowest BCUT2D eigenvalue weighted by atomic mass is 9.89. The molecule has 11 aromatic rings.